The Labute approximate surface area is 118 Å². The van der Waals surface area contributed by atoms with Gasteiger partial charge in [0.2, 0.25) is 5.91 Å². The molecule has 1 aliphatic rings. The number of nitrogens with zero attached hydrogens (tertiary/aromatic N) is 1. The van der Waals surface area contributed by atoms with Crippen molar-refractivity contribution in [1.29, 1.82) is 0 Å². The van der Waals surface area contributed by atoms with E-state index >= 15 is 0 Å². The number of carbonyl (C=O) groups excluding carboxylic acids is 1. The number of rotatable bonds is 4. The zero-order valence-corrected chi connectivity index (χ0v) is 12.0. The van der Waals surface area contributed by atoms with Crippen molar-refractivity contribution in [2.45, 2.75) is 39.4 Å². The van der Waals surface area contributed by atoms with Gasteiger partial charge < -0.3 is 4.90 Å². The maximum absolute atomic E-state index is 13.9. The number of benzene rings is 1. The molecule has 0 bridgehead atoms. The molecule has 0 aliphatic carbocycles. The fourth-order valence-electron chi connectivity index (χ4n) is 2.42. The van der Waals surface area contributed by atoms with Gasteiger partial charge in [-0.1, -0.05) is 20.3 Å². The number of carbonyl (C=O) groups is 1. The number of nitrogens with one attached hydrogen (secondary N) is 1. The van der Waals surface area contributed by atoms with E-state index in [1.807, 2.05) is 6.92 Å². The fourth-order valence-corrected chi connectivity index (χ4v) is 2.42. The van der Waals surface area contributed by atoms with Crippen molar-refractivity contribution in [3.05, 3.63) is 35.4 Å². The highest BCUT2D eigenvalue weighted by molar-refractivity contribution is 5.84. The van der Waals surface area contributed by atoms with Crippen LogP contribution in [0.25, 0.3) is 0 Å². The molecule has 1 heterocycles. The second-order valence-electron chi connectivity index (χ2n) is 5.46. The van der Waals surface area contributed by atoms with Crippen LogP contribution in [0.15, 0.2) is 18.2 Å². The van der Waals surface area contributed by atoms with Crippen LogP contribution < -0.4 is 5.32 Å². The van der Waals surface area contributed by atoms with Crippen LogP contribution in [0.4, 0.5) is 8.78 Å². The van der Waals surface area contributed by atoms with Gasteiger partial charge in [0.05, 0.1) is 6.04 Å². The number of hydrogen-bond acceptors (Lipinski definition) is 2. The van der Waals surface area contributed by atoms with Crippen LogP contribution in [0, 0.1) is 17.6 Å². The molecule has 1 amide bonds. The molecule has 20 heavy (non-hydrogen) atoms. The van der Waals surface area contributed by atoms with E-state index in [2.05, 4.69) is 12.2 Å². The molecule has 1 N–H and O–H groups in total. The van der Waals surface area contributed by atoms with Crippen LogP contribution in [0.2, 0.25) is 0 Å². The highest BCUT2D eigenvalue weighted by atomic mass is 19.1. The molecule has 0 spiro atoms. The summed E-state index contributed by atoms with van der Waals surface area (Å²) in [5.41, 5.74) is 0.312. The molecule has 110 valence electrons. The summed E-state index contributed by atoms with van der Waals surface area (Å²) in [7, 11) is 0. The summed E-state index contributed by atoms with van der Waals surface area (Å²) in [5, 5.41) is 3.07. The van der Waals surface area contributed by atoms with Crippen LogP contribution in [0.3, 0.4) is 0 Å². The van der Waals surface area contributed by atoms with Crippen LogP contribution in [0.5, 0.6) is 0 Å². The average molecular weight is 282 g/mol. The Hall–Kier alpha value is -1.49. The molecule has 1 aromatic rings. The van der Waals surface area contributed by atoms with E-state index in [4.69, 9.17) is 0 Å². The lowest BCUT2D eigenvalue weighted by Gasteiger charge is -2.27. The van der Waals surface area contributed by atoms with Crippen molar-refractivity contribution in [3.63, 3.8) is 0 Å². The molecule has 1 aromatic carbocycles. The molecule has 3 unspecified atom stereocenters. The van der Waals surface area contributed by atoms with E-state index in [9.17, 15) is 13.6 Å². The van der Waals surface area contributed by atoms with Gasteiger partial charge in [0, 0.05) is 18.2 Å². The lowest BCUT2D eigenvalue weighted by molar-refractivity contribution is -0.130. The van der Waals surface area contributed by atoms with Crippen molar-refractivity contribution in [3.8, 4) is 0 Å². The van der Waals surface area contributed by atoms with Crippen LogP contribution in [-0.4, -0.2) is 23.4 Å². The molecule has 3 atom stereocenters. The van der Waals surface area contributed by atoms with Gasteiger partial charge in [-0.3, -0.25) is 10.1 Å². The largest absolute Gasteiger partial charge is 0.321 e. The zero-order chi connectivity index (χ0) is 14.9. The second kappa shape index (κ2) is 5.87. The maximum Gasteiger partial charge on any atom is 0.241 e. The lowest BCUT2D eigenvalue weighted by atomic mass is 10.1. The van der Waals surface area contributed by atoms with Crippen molar-refractivity contribution in [2.24, 2.45) is 5.92 Å². The normalized spacial score (nSPS) is 24.2. The quantitative estimate of drug-likeness (QED) is 0.921. The van der Waals surface area contributed by atoms with E-state index < -0.39 is 17.8 Å². The first kappa shape index (κ1) is 14.9. The van der Waals surface area contributed by atoms with Crippen LogP contribution in [-0.2, 0) is 4.79 Å². The fraction of sp³-hybridized carbons (Fsp3) is 0.533. The second-order valence-corrected chi connectivity index (χ2v) is 5.46. The van der Waals surface area contributed by atoms with Crippen LogP contribution in [0.1, 0.15) is 38.9 Å². The predicted octanol–water partition coefficient (Wildman–Crippen LogP) is 2.83. The van der Waals surface area contributed by atoms with E-state index in [0.717, 1.165) is 12.5 Å². The molecule has 1 aliphatic heterocycles. The first-order chi connectivity index (χ1) is 9.43. The summed E-state index contributed by atoms with van der Waals surface area (Å²) in [6.45, 7) is 6.42. The number of amides is 1. The average Bonchev–Trinajstić information content (AvgIpc) is 2.67. The third-order valence-corrected chi connectivity index (χ3v) is 3.84. The van der Waals surface area contributed by atoms with Gasteiger partial charge >= 0.3 is 0 Å². The first-order valence-electron chi connectivity index (χ1n) is 6.95. The highest BCUT2D eigenvalue weighted by Gasteiger charge is 2.38. The van der Waals surface area contributed by atoms with Gasteiger partial charge in [0.15, 0.2) is 0 Å². The van der Waals surface area contributed by atoms with Gasteiger partial charge in [0.1, 0.15) is 17.8 Å². The van der Waals surface area contributed by atoms with Crippen molar-refractivity contribution >= 4 is 5.91 Å². The first-order valence-corrected chi connectivity index (χ1v) is 6.95. The third kappa shape index (κ3) is 2.82. The summed E-state index contributed by atoms with van der Waals surface area (Å²) in [4.78, 5) is 13.8. The summed E-state index contributed by atoms with van der Waals surface area (Å²) < 4.78 is 26.9. The lowest BCUT2D eigenvalue weighted by Crippen LogP contribution is -2.34. The Kier molecular flexibility index (Phi) is 4.38. The summed E-state index contributed by atoms with van der Waals surface area (Å²) in [6, 6.07) is 3.12. The topological polar surface area (TPSA) is 32.3 Å². The van der Waals surface area contributed by atoms with Crippen molar-refractivity contribution in [1.82, 2.24) is 10.2 Å². The maximum atomic E-state index is 13.9. The van der Waals surface area contributed by atoms with Gasteiger partial charge in [0.25, 0.3) is 0 Å². The standard InChI is InChI=1S/C15H20F2N2O/c1-4-9(2)8-19-14(18-10(3)15(19)20)12-6-5-11(16)7-13(12)17/h5-7,9-10,14,18H,4,8H2,1-3H3. The SMILES string of the molecule is CCC(C)CN1C(=O)C(C)NC1c1ccc(F)cc1F. The molecule has 2 rings (SSSR count). The van der Waals surface area contributed by atoms with E-state index in [1.165, 1.54) is 12.1 Å². The summed E-state index contributed by atoms with van der Waals surface area (Å²) in [6.07, 6.45) is 0.420. The number of hydrogen-bond donors (Lipinski definition) is 1. The molecule has 1 saturated heterocycles. The Morgan fingerprint density at radius 2 is 2.10 bits per heavy atom. The Bertz CT molecular complexity index is 507. The monoisotopic (exact) mass is 282 g/mol. The minimum atomic E-state index is -0.626. The summed E-state index contributed by atoms with van der Waals surface area (Å²) in [5.74, 6) is -0.952. The van der Waals surface area contributed by atoms with Crippen molar-refractivity contribution < 1.29 is 13.6 Å². The molecular weight excluding hydrogens is 262 g/mol. The highest BCUT2D eigenvalue weighted by Crippen LogP contribution is 2.28. The van der Waals surface area contributed by atoms with E-state index in [-0.39, 0.29) is 11.9 Å². The molecule has 1 fully saturated rings. The predicted molar refractivity (Wildman–Crippen MR) is 72.9 cm³/mol. The molecule has 0 aromatic heterocycles. The van der Waals surface area contributed by atoms with Gasteiger partial charge in [-0.15, -0.1) is 0 Å². The zero-order valence-electron chi connectivity index (χ0n) is 12.0. The molecule has 0 saturated carbocycles. The minimum absolute atomic E-state index is 0.0426. The Balaban J connectivity index is 2.30. The number of halogens is 2. The van der Waals surface area contributed by atoms with Crippen LogP contribution >= 0.6 is 0 Å². The van der Waals surface area contributed by atoms with Gasteiger partial charge in [-0.25, -0.2) is 8.78 Å². The van der Waals surface area contributed by atoms with Crippen molar-refractivity contribution in [2.75, 3.05) is 6.54 Å². The van der Waals surface area contributed by atoms with E-state index in [1.54, 1.807) is 11.8 Å². The molecule has 0 radical (unpaired) electrons. The third-order valence-electron chi connectivity index (χ3n) is 3.84. The Morgan fingerprint density at radius 1 is 1.40 bits per heavy atom. The summed E-state index contributed by atoms with van der Waals surface area (Å²) >= 11 is 0. The minimum Gasteiger partial charge on any atom is -0.321 e. The molecular formula is C15H20F2N2O. The molecule has 3 nitrogen and oxygen atoms in total. The Morgan fingerprint density at radius 3 is 2.70 bits per heavy atom. The van der Waals surface area contributed by atoms with E-state index in [0.29, 0.717) is 18.0 Å². The van der Waals surface area contributed by atoms with Gasteiger partial charge in [-0.05, 0) is 25.0 Å². The van der Waals surface area contributed by atoms with Gasteiger partial charge in [-0.2, -0.15) is 0 Å². The molecule has 5 heteroatoms. The smallest absolute Gasteiger partial charge is 0.241 e.